The Kier molecular flexibility index (Phi) is 5.23. The van der Waals surface area contributed by atoms with Crippen LogP contribution in [0.25, 0.3) is 0 Å². The number of aromatic hydroxyl groups is 1. The summed E-state index contributed by atoms with van der Waals surface area (Å²) in [6, 6.07) is 12.5. The van der Waals surface area contributed by atoms with E-state index in [-0.39, 0.29) is 11.7 Å². The van der Waals surface area contributed by atoms with Gasteiger partial charge < -0.3 is 10.4 Å². The van der Waals surface area contributed by atoms with Gasteiger partial charge in [0.2, 0.25) is 0 Å². The van der Waals surface area contributed by atoms with E-state index in [1.807, 2.05) is 24.3 Å². The topological polar surface area (TPSA) is 49.3 Å². The number of halogens is 1. The molecule has 0 aromatic heterocycles. The Balaban J connectivity index is 2.12. The van der Waals surface area contributed by atoms with Crippen molar-refractivity contribution in [3.05, 3.63) is 59.2 Å². The van der Waals surface area contributed by atoms with Crippen LogP contribution in [0.4, 0.5) is 5.69 Å². The molecule has 0 heterocycles. The van der Waals surface area contributed by atoms with Crippen molar-refractivity contribution in [3.8, 4) is 5.75 Å². The molecule has 0 aliphatic carbocycles. The lowest BCUT2D eigenvalue weighted by atomic mass is 10.1. The summed E-state index contributed by atoms with van der Waals surface area (Å²) in [6.45, 7) is 1.80. The van der Waals surface area contributed by atoms with Crippen molar-refractivity contribution in [2.45, 2.75) is 19.8 Å². The summed E-state index contributed by atoms with van der Waals surface area (Å²) < 4.78 is 0. The molecule has 0 bridgehead atoms. The average Bonchev–Trinajstić information content (AvgIpc) is 2.45. The van der Waals surface area contributed by atoms with Crippen molar-refractivity contribution in [1.82, 2.24) is 0 Å². The van der Waals surface area contributed by atoms with Gasteiger partial charge in [0.1, 0.15) is 5.75 Å². The van der Waals surface area contributed by atoms with E-state index in [1.54, 1.807) is 19.1 Å². The first-order chi connectivity index (χ1) is 10.1. The Morgan fingerprint density at radius 1 is 1.24 bits per heavy atom. The number of phenolic OH excluding ortho intramolecular Hbond substituents is 1. The van der Waals surface area contributed by atoms with Gasteiger partial charge in [-0.3, -0.25) is 4.79 Å². The highest BCUT2D eigenvalue weighted by Gasteiger charge is 2.10. The average molecular weight is 304 g/mol. The summed E-state index contributed by atoms with van der Waals surface area (Å²) in [5.41, 5.74) is 3.21. The summed E-state index contributed by atoms with van der Waals surface area (Å²) >= 11 is 5.70. The molecular weight excluding hydrogens is 286 g/mol. The van der Waals surface area contributed by atoms with Crippen molar-refractivity contribution in [1.29, 1.82) is 0 Å². The molecule has 0 radical (unpaired) electrons. The van der Waals surface area contributed by atoms with Crippen molar-refractivity contribution in [2.75, 3.05) is 11.2 Å². The van der Waals surface area contributed by atoms with Crippen molar-refractivity contribution < 1.29 is 9.90 Å². The number of aryl methyl sites for hydroxylation is 2. The molecule has 110 valence electrons. The third-order valence-electron chi connectivity index (χ3n) is 3.24. The molecule has 0 aliphatic rings. The fourth-order valence-corrected chi connectivity index (χ4v) is 2.31. The predicted octanol–water partition coefficient (Wildman–Crippen LogP) is 4.12. The van der Waals surface area contributed by atoms with Crippen LogP contribution in [0, 0.1) is 6.92 Å². The minimum atomic E-state index is -0.179. The van der Waals surface area contributed by atoms with Crippen molar-refractivity contribution >= 4 is 23.2 Å². The lowest BCUT2D eigenvalue weighted by molar-refractivity contribution is 0.102. The molecule has 1 amide bonds. The van der Waals surface area contributed by atoms with Crippen molar-refractivity contribution in [2.24, 2.45) is 0 Å². The number of alkyl halides is 1. The van der Waals surface area contributed by atoms with Gasteiger partial charge >= 0.3 is 0 Å². The molecule has 2 N–H and O–H groups in total. The van der Waals surface area contributed by atoms with Gasteiger partial charge in [-0.05, 0) is 61.2 Å². The van der Waals surface area contributed by atoms with E-state index >= 15 is 0 Å². The number of carbonyl (C=O) groups excluding carboxylic acids is 1. The predicted molar refractivity (Wildman–Crippen MR) is 86.3 cm³/mol. The molecule has 2 rings (SSSR count). The van der Waals surface area contributed by atoms with Crippen LogP contribution in [0.2, 0.25) is 0 Å². The fourth-order valence-electron chi connectivity index (χ4n) is 2.18. The maximum atomic E-state index is 12.3. The van der Waals surface area contributed by atoms with Crippen LogP contribution in [0.3, 0.4) is 0 Å². The molecule has 0 unspecified atom stereocenters. The second kappa shape index (κ2) is 7.14. The highest BCUT2D eigenvalue weighted by atomic mass is 35.5. The number of phenols is 1. The summed E-state index contributed by atoms with van der Waals surface area (Å²) in [7, 11) is 0. The van der Waals surface area contributed by atoms with E-state index in [4.69, 9.17) is 11.6 Å². The number of rotatable bonds is 5. The van der Waals surface area contributed by atoms with Crippen molar-refractivity contribution in [3.63, 3.8) is 0 Å². The highest BCUT2D eigenvalue weighted by molar-refractivity contribution is 6.17. The molecule has 0 saturated carbocycles. The number of nitrogens with one attached hydrogen (secondary N) is 1. The van der Waals surface area contributed by atoms with Gasteiger partial charge in [-0.25, -0.2) is 0 Å². The van der Waals surface area contributed by atoms with E-state index in [9.17, 15) is 9.90 Å². The van der Waals surface area contributed by atoms with Gasteiger partial charge in [-0.2, -0.15) is 0 Å². The van der Waals surface area contributed by atoms with Gasteiger partial charge in [0.05, 0.1) is 0 Å². The third-order valence-corrected chi connectivity index (χ3v) is 3.51. The van der Waals surface area contributed by atoms with Crippen LogP contribution in [-0.4, -0.2) is 16.9 Å². The number of anilines is 1. The molecule has 2 aromatic rings. The molecule has 0 aliphatic heterocycles. The summed E-state index contributed by atoms with van der Waals surface area (Å²) in [4.78, 5) is 12.3. The first-order valence-electron chi connectivity index (χ1n) is 6.86. The molecule has 0 fully saturated rings. The standard InChI is InChI=1S/C17H18ClNO2/c1-12-10-15(20)7-8-16(12)17(21)19-14-6-2-4-13(11-14)5-3-9-18/h2,4,6-8,10-11,20H,3,5,9H2,1H3,(H,19,21). The molecule has 0 spiro atoms. The van der Waals surface area contributed by atoms with Gasteiger partial charge in [0.25, 0.3) is 5.91 Å². The first-order valence-corrected chi connectivity index (χ1v) is 7.39. The lowest BCUT2D eigenvalue weighted by Crippen LogP contribution is -2.13. The molecular formula is C17H18ClNO2. The van der Waals surface area contributed by atoms with Gasteiger partial charge in [-0.15, -0.1) is 11.6 Å². The highest BCUT2D eigenvalue weighted by Crippen LogP contribution is 2.18. The van der Waals surface area contributed by atoms with Crippen LogP contribution in [0.1, 0.15) is 27.9 Å². The van der Waals surface area contributed by atoms with Gasteiger partial charge in [-0.1, -0.05) is 12.1 Å². The number of carbonyl (C=O) groups is 1. The monoisotopic (exact) mass is 303 g/mol. The molecule has 2 aromatic carbocycles. The Morgan fingerprint density at radius 3 is 2.76 bits per heavy atom. The Morgan fingerprint density at radius 2 is 2.05 bits per heavy atom. The second-order valence-corrected chi connectivity index (χ2v) is 5.32. The number of benzene rings is 2. The van der Waals surface area contributed by atoms with E-state index in [0.29, 0.717) is 11.4 Å². The number of amides is 1. The summed E-state index contributed by atoms with van der Waals surface area (Å²) in [5, 5.41) is 12.3. The first kappa shape index (κ1) is 15.4. The molecule has 0 saturated heterocycles. The number of hydrogen-bond acceptors (Lipinski definition) is 2. The van der Waals surface area contributed by atoms with Crippen LogP contribution in [-0.2, 0) is 6.42 Å². The van der Waals surface area contributed by atoms with Crippen LogP contribution in [0.5, 0.6) is 5.75 Å². The molecule has 4 heteroatoms. The minimum Gasteiger partial charge on any atom is -0.508 e. The molecule has 3 nitrogen and oxygen atoms in total. The van der Waals surface area contributed by atoms with E-state index in [2.05, 4.69) is 5.32 Å². The quantitative estimate of drug-likeness (QED) is 0.816. The zero-order chi connectivity index (χ0) is 15.2. The third kappa shape index (κ3) is 4.23. The fraction of sp³-hybridized carbons (Fsp3) is 0.235. The zero-order valence-electron chi connectivity index (χ0n) is 11.9. The maximum absolute atomic E-state index is 12.3. The summed E-state index contributed by atoms with van der Waals surface area (Å²) in [6.07, 6.45) is 1.81. The van der Waals surface area contributed by atoms with Crippen LogP contribution >= 0.6 is 11.6 Å². The SMILES string of the molecule is Cc1cc(O)ccc1C(=O)Nc1cccc(CCCCl)c1. The normalized spacial score (nSPS) is 10.4. The van der Waals surface area contributed by atoms with Crippen LogP contribution < -0.4 is 5.32 Å². The van der Waals surface area contributed by atoms with Gasteiger partial charge in [0, 0.05) is 17.1 Å². The minimum absolute atomic E-state index is 0.159. The van der Waals surface area contributed by atoms with E-state index in [1.165, 1.54) is 6.07 Å². The molecule has 21 heavy (non-hydrogen) atoms. The zero-order valence-corrected chi connectivity index (χ0v) is 12.7. The lowest BCUT2D eigenvalue weighted by Gasteiger charge is -2.09. The second-order valence-electron chi connectivity index (χ2n) is 4.95. The largest absolute Gasteiger partial charge is 0.508 e. The smallest absolute Gasteiger partial charge is 0.255 e. The Hall–Kier alpha value is -2.00. The maximum Gasteiger partial charge on any atom is 0.255 e. The summed E-state index contributed by atoms with van der Waals surface area (Å²) in [5.74, 6) is 0.609. The van der Waals surface area contributed by atoms with E-state index < -0.39 is 0 Å². The molecule has 0 atom stereocenters. The number of hydrogen-bond donors (Lipinski definition) is 2. The van der Waals surface area contributed by atoms with E-state index in [0.717, 1.165) is 29.7 Å². The Labute approximate surface area is 129 Å². The van der Waals surface area contributed by atoms with Gasteiger partial charge in [0.15, 0.2) is 0 Å². The Bertz CT molecular complexity index is 640. The van der Waals surface area contributed by atoms with Crippen LogP contribution in [0.15, 0.2) is 42.5 Å².